The molecule has 4 rings (SSSR count). The van der Waals surface area contributed by atoms with Crippen LogP contribution in [0.3, 0.4) is 0 Å². The number of alkyl halides is 3. The first kappa shape index (κ1) is 18.3. The van der Waals surface area contributed by atoms with E-state index in [-0.39, 0.29) is 18.0 Å². The van der Waals surface area contributed by atoms with Crippen LogP contribution in [0.25, 0.3) is 11.0 Å². The van der Waals surface area contributed by atoms with Crippen LogP contribution in [0, 0.1) is 0 Å². The second-order valence-corrected chi connectivity index (χ2v) is 6.56. The first-order valence-electron chi connectivity index (χ1n) is 8.90. The Bertz CT molecular complexity index is 978. The second-order valence-electron chi connectivity index (χ2n) is 6.56. The number of hydrogen-bond donors (Lipinski definition) is 0. The van der Waals surface area contributed by atoms with Gasteiger partial charge in [0, 0.05) is 32.4 Å². The average molecular weight is 389 g/mol. The van der Waals surface area contributed by atoms with E-state index in [1.165, 1.54) is 6.07 Å². The van der Waals surface area contributed by atoms with Gasteiger partial charge in [0.2, 0.25) is 11.7 Å². The highest BCUT2D eigenvalue weighted by Crippen LogP contribution is 2.31. The number of para-hydroxylation sites is 2. The summed E-state index contributed by atoms with van der Waals surface area (Å²) in [5.41, 5.74) is 0.526. The molecule has 1 aliphatic heterocycles. The lowest BCUT2D eigenvalue weighted by atomic mass is 10.3. The lowest BCUT2D eigenvalue weighted by Crippen LogP contribution is -2.50. The molecule has 146 valence electrons. The lowest BCUT2D eigenvalue weighted by molar-refractivity contribution is -0.148. The molecule has 0 saturated carbocycles. The van der Waals surface area contributed by atoms with Crippen LogP contribution in [-0.4, -0.2) is 51.5 Å². The van der Waals surface area contributed by atoms with Gasteiger partial charge in [0.15, 0.2) is 0 Å². The molecule has 0 aliphatic carbocycles. The number of nitrogens with zero attached hydrogens (tertiary/aromatic N) is 5. The van der Waals surface area contributed by atoms with Gasteiger partial charge in [-0.2, -0.15) is 13.2 Å². The van der Waals surface area contributed by atoms with E-state index >= 15 is 0 Å². The number of carbonyl (C=O) groups excluding carboxylic acids is 1. The summed E-state index contributed by atoms with van der Waals surface area (Å²) >= 11 is 0. The predicted molar refractivity (Wildman–Crippen MR) is 97.8 cm³/mol. The quantitative estimate of drug-likeness (QED) is 0.691. The van der Waals surface area contributed by atoms with Crippen molar-refractivity contribution in [3.05, 3.63) is 54.5 Å². The maximum absolute atomic E-state index is 13.4. The highest BCUT2D eigenvalue weighted by molar-refractivity contribution is 5.81. The zero-order valence-corrected chi connectivity index (χ0v) is 14.9. The molecular weight excluding hydrogens is 371 g/mol. The van der Waals surface area contributed by atoms with E-state index in [2.05, 4.69) is 14.9 Å². The molecule has 0 radical (unpaired) electrons. The fraction of sp³-hybridized carbons (Fsp3) is 0.316. The van der Waals surface area contributed by atoms with Crippen LogP contribution >= 0.6 is 0 Å². The molecule has 3 heterocycles. The van der Waals surface area contributed by atoms with Gasteiger partial charge >= 0.3 is 6.18 Å². The number of aromatic nitrogens is 3. The molecule has 2 aromatic heterocycles. The summed E-state index contributed by atoms with van der Waals surface area (Å²) in [6.07, 6.45) is -2.92. The molecule has 0 N–H and O–H groups in total. The Morgan fingerprint density at radius 3 is 2.39 bits per heavy atom. The van der Waals surface area contributed by atoms with E-state index in [4.69, 9.17) is 0 Å². The number of imidazole rings is 1. The van der Waals surface area contributed by atoms with Gasteiger partial charge in [-0.05, 0) is 24.3 Å². The van der Waals surface area contributed by atoms with Gasteiger partial charge in [0.25, 0.3) is 0 Å². The summed E-state index contributed by atoms with van der Waals surface area (Å²) in [5, 5.41) is 0. The smallest absolute Gasteiger partial charge is 0.353 e. The van der Waals surface area contributed by atoms with Crippen LogP contribution in [0.5, 0.6) is 0 Å². The van der Waals surface area contributed by atoms with Crippen molar-refractivity contribution in [1.82, 2.24) is 19.4 Å². The Labute approximate surface area is 159 Å². The second kappa shape index (κ2) is 7.14. The monoisotopic (exact) mass is 389 g/mol. The largest absolute Gasteiger partial charge is 0.449 e. The molecule has 9 heteroatoms. The van der Waals surface area contributed by atoms with E-state index in [0.29, 0.717) is 31.7 Å². The molecule has 1 saturated heterocycles. The van der Waals surface area contributed by atoms with Gasteiger partial charge in [-0.15, -0.1) is 0 Å². The summed E-state index contributed by atoms with van der Waals surface area (Å²) in [6.45, 7) is 1.64. The molecule has 0 spiro atoms. The van der Waals surface area contributed by atoms with E-state index in [0.717, 1.165) is 10.4 Å². The predicted octanol–water partition coefficient (Wildman–Crippen LogP) is 2.80. The van der Waals surface area contributed by atoms with Crippen molar-refractivity contribution < 1.29 is 18.0 Å². The van der Waals surface area contributed by atoms with Crippen LogP contribution in [0.1, 0.15) is 5.82 Å². The molecule has 1 aromatic carbocycles. The van der Waals surface area contributed by atoms with E-state index < -0.39 is 12.0 Å². The van der Waals surface area contributed by atoms with Crippen molar-refractivity contribution in [2.24, 2.45) is 0 Å². The van der Waals surface area contributed by atoms with Crippen LogP contribution in [0.4, 0.5) is 19.0 Å². The number of anilines is 1. The minimum atomic E-state index is -4.63. The molecule has 1 fully saturated rings. The Morgan fingerprint density at radius 1 is 1.00 bits per heavy atom. The Hall–Kier alpha value is -3.10. The fourth-order valence-corrected chi connectivity index (χ4v) is 3.41. The van der Waals surface area contributed by atoms with Crippen molar-refractivity contribution in [2.45, 2.75) is 12.7 Å². The third kappa shape index (κ3) is 3.51. The first-order valence-corrected chi connectivity index (χ1v) is 8.90. The normalized spacial score (nSPS) is 15.2. The third-order valence-corrected chi connectivity index (χ3v) is 4.81. The number of pyridine rings is 1. The van der Waals surface area contributed by atoms with Crippen molar-refractivity contribution in [3.63, 3.8) is 0 Å². The Balaban J connectivity index is 1.50. The summed E-state index contributed by atoms with van der Waals surface area (Å²) in [6, 6.07) is 11.9. The number of rotatable bonds is 3. The van der Waals surface area contributed by atoms with Gasteiger partial charge < -0.3 is 14.4 Å². The highest BCUT2D eigenvalue weighted by Gasteiger charge is 2.38. The van der Waals surface area contributed by atoms with Crippen molar-refractivity contribution in [3.8, 4) is 0 Å². The van der Waals surface area contributed by atoms with Crippen molar-refractivity contribution in [2.75, 3.05) is 31.1 Å². The van der Waals surface area contributed by atoms with Gasteiger partial charge in [-0.1, -0.05) is 18.2 Å². The minimum Gasteiger partial charge on any atom is -0.353 e. The Morgan fingerprint density at radius 2 is 1.71 bits per heavy atom. The summed E-state index contributed by atoms with van der Waals surface area (Å²) in [7, 11) is 0. The van der Waals surface area contributed by atoms with Gasteiger partial charge in [-0.25, -0.2) is 9.97 Å². The van der Waals surface area contributed by atoms with Crippen molar-refractivity contribution >= 4 is 22.8 Å². The first-order chi connectivity index (χ1) is 13.4. The Kier molecular flexibility index (Phi) is 4.66. The molecule has 0 atom stereocenters. The zero-order valence-electron chi connectivity index (χ0n) is 14.9. The summed E-state index contributed by atoms with van der Waals surface area (Å²) < 4.78 is 41.2. The zero-order chi connectivity index (χ0) is 19.7. The van der Waals surface area contributed by atoms with Crippen LogP contribution in [0.2, 0.25) is 0 Å². The number of carbonyl (C=O) groups is 1. The molecule has 1 aliphatic rings. The molecule has 0 unspecified atom stereocenters. The van der Waals surface area contributed by atoms with Crippen LogP contribution < -0.4 is 4.90 Å². The van der Waals surface area contributed by atoms with E-state index in [1.54, 1.807) is 29.3 Å². The van der Waals surface area contributed by atoms with Gasteiger partial charge in [0.05, 0.1) is 11.0 Å². The van der Waals surface area contributed by atoms with E-state index in [1.807, 2.05) is 18.2 Å². The SMILES string of the molecule is O=C(Cn1c(C(F)(F)F)nc2ccccc21)N1CCN(c2ccccn2)CC1. The lowest BCUT2D eigenvalue weighted by Gasteiger charge is -2.35. The number of hydrogen-bond acceptors (Lipinski definition) is 4. The number of amides is 1. The van der Waals surface area contributed by atoms with Gasteiger partial charge in [-0.3, -0.25) is 4.79 Å². The average Bonchev–Trinajstić information content (AvgIpc) is 3.08. The minimum absolute atomic E-state index is 0.225. The number of fused-ring (bicyclic) bond motifs is 1. The van der Waals surface area contributed by atoms with E-state index in [9.17, 15) is 18.0 Å². The molecule has 1 amide bonds. The maximum atomic E-state index is 13.4. The van der Waals surface area contributed by atoms with Crippen molar-refractivity contribution in [1.29, 1.82) is 0 Å². The summed E-state index contributed by atoms with van der Waals surface area (Å²) in [4.78, 5) is 24.3. The molecule has 28 heavy (non-hydrogen) atoms. The molecular formula is C19H18F3N5O. The number of halogens is 3. The number of piperazine rings is 1. The third-order valence-electron chi connectivity index (χ3n) is 4.81. The molecule has 6 nitrogen and oxygen atoms in total. The standard InChI is InChI=1S/C19H18F3N5O/c20-19(21,22)18-24-14-5-1-2-6-15(14)27(18)13-17(28)26-11-9-25(10-12-26)16-7-3-4-8-23-16/h1-8H,9-13H2. The molecule has 3 aromatic rings. The summed E-state index contributed by atoms with van der Waals surface area (Å²) in [5.74, 6) is -0.571. The fourth-order valence-electron chi connectivity index (χ4n) is 3.41. The van der Waals surface area contributed by atoms with Gasteiger partial charge in [0.1, 0.15) is 12.4 Å². The maximum Gasteiger partial charge on any atom is 0.449 e. The highest BCUT2D eigenvalue weighted by atomic mass is 19.4. The molecule has 0 bridgehead atoms. The van der Waals surface area contributed by atoms with Crippen LogP contribution in [-0.2, 0) is 17.5 Å². The number of benzene rings is 1. The van der Waals surface area contributed by atoms with Crippen LogP contribution in [0.15, 0.2) is 48.7 Å². The topological polar surface area (TPSA) is 54.3 Å².